The van der Waals surface area contributed by atoms with E-state index >= 15 is 0 Å². The van der Waals surface area contributed by atoms with Crippen molar-refractivity contribution in [2.24, 2.45) is 0 Å². The van der Waals surface area contributed by atoms with Gasteiger partial charge in [-0.25, -0.2) is 8.42 Å². The first-order valence-electron chi connectivity index (χ1n) is 11.1. The highest BCUT2D eigenvalue weighted by Gasteiger charge is 2.32. The predicted molar refractivity (Wildman–Crippen MR) is 145 cm³/mol. The lowest BCUT2D eigenvalue weighted by atomic mass is 10.1. The van der Waals surface area contributed by atoms with Gasteiger partial charge < -0.3 is 15.0 Å². The Morgan fingerprint density at radius 3 is 2.22 bits per heavy atom. The number of ether oxygens (including phenoxy) is 1. The zero-order valence-corrected chi connectivity index (χ0v) is 23.8. The van der Waals surface area contributed by atoms with Crippen LogP contribution < -0.4 is 14.4 Å². The van der Waals surface area contributed by atoms with Crippen molar-refractivity contribution in [3.8, 4) is 5.75 Å². The van der Waals surface area contributed by atoms with Crippen molar-refractivity contribution in [1.82, 2.24) is 10.2 Å². The molecule has 36 heavy (non-hydrogen) atoms. The van der Waals surface area contributed by atoms with Crippen molar-refractivity contribution in [2.45, 2.75) is 45.8 Å². The van der Waals surface area contributed by atoms with Crippen molar-refractivity contribution >= 4 is 62.3 Å². The number of benzene rings is 2. The fourth-order valence-electron chi connectivity index (χ4n) is 3.33. The molecule has 2 unspecified atom stereocenters. The Hall–Kier alpha value is -2.20. The maximum Gasteiger partial charge on any atom is 0.244 e. The van der Waals surface area contributed by atoms with Gasteiger partial charge in [0.1, 0.15) is 18.3 Å². The van der Waals surface area contributed by atoms with Crippen LogP contribution in [0.4, 0.5) is 5.69 Å². The summed E-state index contributed by atoms with van der Waals surface area (Å²) in [5.74, 6) is -0.790. The molecule has 0 aromatic heterocycles. The number of sulfonamides is 1. The fourth-order valence-corrected chi connectivity index (χ4v) is 4.81. The minimum atomic E-state index is -3.95. The molecule has 0 aliphatic heterocycles. The van der Waals surface area contributed by atoms with E-state index in [-0.39, 0.29) is 35.0 Å². The van der Waals surface area contributed by atoms with Crippen LogP contribution in [0.3, 0.4) is 0 Å². The second-order valence-electron chi connectivity index (χ2n) is 8.34. The molecule has 0 heterocycles. The van der Waals surface area contributed by atoms with Crippen molar-refractivity contribution in [1.29, 1.82) is 0 Å². The first-order valence-corrected chi connectivity index (χ1v) is 14.1. The van der Waals surface area contributed by atoms with Crippen LogP contribution in [0.2, 0.25) is 15.1 Å². The van der Waals surface area contributed by atoms with Crippen molar-refractivity contribution in [2.75, 3.05) is 24.2 Å². The van der Waals surface area contributed by atoms with E-state index in [1.54, 1.807) is 25.1 Å². The fraction of sp³-hybridized carbons (Fsp3) is 0.417. The van der Waals surface area contributed by atoms with Gasteiger partial charge in [0.05, 0.1) is 19.1 Å². The molecule has 0 spiro atoms. The standard InChI is InChI=1S/C24H30Cl3N3O5S/c1-6-15(2)28-24(32)16(3)29(13-17-7-8-18(25)11-20(17)27)23(31)14-30(36(5,33)34)21-12-19(26)9-10-22(21)35-4/h7-12,15-16H,6,13-14H2,1-5H3,(H,28,32). The second-order valence-corrected chi connectivity index (χ2v) is 11.5. The van der Waals surface area contributed by atoms with E-state index < -0.39 is 28.5 Å². The normalized spacial score (nSPS) is 13.0. The zero-order valence-electron chi connectivity index (χ0n) is 20.7. The quantitative estimate of drug-likeness (QED) is 0.415. The summed E-state index contributed by atoms with van der Waals surface area (Å²) in [6.45, 7) is 4.71. The highest BCUT2D eigenvalue weighted by molar-refractivity contribution is 7.92. The maximum absolute atomic E-state index is 13.6. The number of carbonyl (C=O) groups excluding carboxylic acids is 2. The van der Waals surface area contributed by atoms with Crippen LogP contribution >= 0.6 is 34.8 Å². The number of nitrogens with zero attached hydrogens (tertiary/aromatic N) is 2. The van der Waals surface area contributed by atoms with Gasteiger partial charge in [-0.15, -0.1) is 0 Å². The molecule has 0 radical (unpaired) electrons. The van der Waals surface area contributed by atoms with Gasteiger partial charge in [-0.1, -0.05) is 47.8 Å². The molecule has 0 aliphatic rings. The first-order chi connectivity index (χ1) is 16.8. The lowest BCUT2D eigenvalue weighted by Crippen LogP contribution is -2.52. The number of amides is 2. The summed E-state index contributed by atoms with van der Waals surface area (Å²) in [6, 6.07) is 8.21. The number of carbonyl (C=O) groups is 2. The van der Waals surface area contributed by atoms with Crippen LogP contribution in [0.1, 0.15) is 32.8 Å². The Balaban J connectivity index is 2.49. The number of hydrogen-bond acceptors (Lipinski definition) is 5. The molecule has 2 aromatic rings. The summed E-state index contributed by atoms with van der Waals surface area (Å²) in [7, 11) is -2.57. The van der Waals surface area contributed by atoms with Crippen LogP contribution in [0.25, 0.3) is 0 Å². The number of anilines is 1. The van der Waals surface area contributed by atoms with E-state index in [2.05, 4.69) is 5.32 Å². The van der Waals surface area contributed by atoms with Gasteiger partial charge in [0.25, 0.3) is 0 Å². The van der Waals surface area contributed by atoms with Gasteiger partial charge in [-0.3, -0.25) is 13.9 Å². The lowest BCUT2D eigenvalue weighted by Gasteiger charge is -2.32. The van der Waals surface area contributed by atoms with Gasteiger partial charge in [0.2, 0.25) is 21.8 Å². The van der Waals surface area contributed by atoms with Crippen LogP contribution in [0.15, 0.2) is 36.4 Å². The Morgan fingerprint density at radius 1 is 1.06 bits per heavy atom. The largest absolute Gasteiger partial charge is 0.495 e. The van der Waals surface area contributed by atoms with E-state index in [1.165, 1.54) is 30.2 Å². The van der Waals surface area contributed by atoms with E-state index in [0.29, 0.717) is 22.0 Å². The summed E-state index contributed by atoms with van der Waals surface area (Å²) in [4.78, 5) is 27.9. The van der Waals surface area contributed by atoms with E-state index in [1.807, 2.05) is 13.8 Å². The summed E-state index contributed by atoms with van der Waals surface area (Å²) < 4.78 is 31.7. The van der Waals surface area contributed by atoms with Crippen LogP contribution in [0.5, 0.6) is 5.75 Å². The Labute approximate surface area is 227 Å². The molecule has 12 heteroatoms. The molecule has 0 saturated heterocycles. The van der Waals surface area contributed by atoms with Crippen LogP contribution in [-0.2, 0) is 26.2 Å². The summed E-state index contributed by atoms with van der Waals surface area (Å²) >= 11 is 18.5. The Morgan fingerprint density at radius 2 is 1.67 bits per heavy atom. The smallest absolute Gasteiger partial charge is 0.244 e. The molecule has 2 amide bonds. The molecule has 2 atom stereocenters. The molecule has 0 saturated carbocycles. The number of nitrogens with one attached hydrogen (secondary N) is 1. The van der Waals surface area contributed by atoms with Crippen molar-refractivity contribution in [3.05, 3.63) is 57.0 Å². The predicted octanol–water partition coefficient (Wildman–Crippen LogP) is 4.75. The van der Waals surface area contributed by atoms with E-state index in [0.717, 1.165) is 10.6 Å². The third kappa shape index (κ3) is 7.90. The number of rotatable bonds is 11. The Bertz CT molecular complexity index is 1210. The van der Waals surface area contributed by atoms with Gasteiger partial charge in [-0.2, -0.15) is 0 Å². The molecule has 198 valence electrons. The third-order valence-electron chi connectivity index (χ3n) is 5.61. The highest BCUT2D eigenvalue weighted by Crippen LogP contribution is 2.33. The van der Waals surface area contributed by atoms with Crippen molar-refractivity contribution < 1.29 is 22.7 Å². The molecule has 0 bridgehead atoms. The minimum absolute atomic E-state index is 0.0474. The molecule has 8 nitrogen and oxygen atoms in total. The van der Waals surface area contributed by atoms with E-state index in [4.69, 9.17) is 39.5 Å². The van der Waals surface area contributed by atoms with Gasteiger partial charge in [0.15, 0.2) is 0 Å². The van der Waals surface area contributed by atoms with Gasteiger partial charge in [-0.05, 0) is 56.2 Å². The summed E-state index contributed by atoms with van der Waals surface area (Å²) in [5.41, 5.74) is 0.644. The molecule has 2 aromatic carbocycles. The SMILES string of the molecule is CCC(C)NC(=O)C(C)N(Cc1ccc(Cl)cc1Cl)C(=O)CN(c1cc(Cl)ccc1OC)S(C)(=O)=O. The zero-order chi connectivity index (χ0) is 27.2. The van der Waals surface area contributed by atoms with Crippen LogP contribution in [0, 0.1) is 0 Å². The first kappa shape index (κ1) is 30.0. The van der Waals surface area contributed by atoms with Crippen LogP contribution in [-0.4, -0.2) is 57.1 Å². The second kappa shape index (κ2) is 12.9. The number of halogens is 3. The molecular formula is C24H30Cl3N3O5S. The monoisotopic (exact) mass is 577 g/mol. The van der Waals surface area contributed by atoms with Gasteiger partial charge in [0, 0.05) is 27.7 Å². The number of methoxy groups -OCH3 is 1. The molecule has 0 fully saturated rings. The molecule has 1 N–H and O–H groups in total. The Kier molecular flexibility index (Phi) is 10.7. The molecule has 2 rings (SSSR count). The highest BCUT2D eigenvalue weighted by atomic mass is 35.5. The average molecular weight is 579 g/mol. The minimum Gasteiger partial charge on any atom is -0.495 e. The van der Waals surface area contributed by atoms with Gasteiger partial charge >= 0.3 is 0 Å². The number of hydrogen-bond donors (Lipinski definition) is 1. The molecular weight excluding hydrogens is 549 g/mol. The maximum atomic E-state index is 13.6. The average Bonchev–Trinajstić information content (AvgIpc) is 2.80. The van der Waals surface area contributed by atoms with Crippen molar-refractivity contribution in [3.63, 3.8) is 0 Å². The molecule has 0 aliphatic carbocycles. The summed E-state index contributed by atoms with van der Waals surface area (Å²) in [6.07, 6.45) is 1.67. The summed E-state index contributed by atoms with van der Waals surface area (Å²) in [5, 5.41) is 3.85. The topological polar surface area (TPSA) is 96.0 Å². The van der Waals surface area contributed by atoms with E-state index in [9.17, 15) is 18.0 Å². The lowest BCUT2D eigenvalue weighted by molar-refractivity contribution is -0.139. The third-order valence-corrected chi connectivity index (χ3v) is 7.56.